The molecule has 90 valence electrons. The molecule has 0 bridgehead atoms. The number of aryl methyl sites for hydroxylation is 1. The van der Waals surface area contributed by atoms with Gasteiger partial charge in [0.2, 0.25) is 0 Å². The van der Waals surface area contributed by atoms with Crippen molar-refractivity contribution in [2.24, 2.45) is 5.92 Å². The Morgan fingerprint density at radius 2 is 2.25 bits per heavy atom. The van der Waals surface area contributed by atoms with Gasteiger partial charge in [-0.05, 0) is 38.2 Å². The van der Waals surface area contributed by atoms with Crippen LogP contribution in [0.4, 0.5) is 0 Å². The van der Waals surface area contributed by atoms with Crippen molar-refractivity contribution in [1.29, 1.82) is 0 Å². The second-order valence-corrected chi connectivity index (χ2v) is 5.44. The largest absolute Gasteiger partial charge is 0.469 e. The summed E-state index contributed by atoms with van der Waals surface area (Å²) in [5.41, 5.74) is 1.39. The zero-order valence-electron chi connectivity index (χ0n) is 10.6. The highest BCUT2D eigenvalue weighted by molar-refractivity contribution is 5.24. The molecule has 0 saturated heterocycles. The summed E-state index contributed by atoms with van der Waals surface area (Å²) < 4.78 is 5.51. The van der Waals surface area contributed by atoms with Gasteiger partial charge in [-0.1, -0.05) is 13.8 Å². The van der Waals surface area contributed by atoms with Gasteiger partial charge in [0.25, 0.3) is 0 Å². The van der Waals surface area contributed by atoms with Crippen molar-refractivity contribution < 1.29 is 4.42 Å². The molecule has 0 aromatic carbocycles. The summed E-state index contributed by atoms with van der Waals surface area (Å²) in [7, 11) is 0. The highest BCUT2D eigenvalue weighted by Crippen LogP contribution is 2.31. The van der Waals surface area contributed by atoms with Crippen molar-refractivity contribution in [2.75, 3.05) is 0 Å². The smallest absolute Gasteiger partial charge is 0.108 e. The van der Waals surface area contributed by atoms with Gasteiger partial charge in [-0.25, -0.2) is 0 Å². The Bertz CT molecular complexity index is 329. The predicted molar refractivity (Wildman–Crippen MR) is 66.4 cm³/mol. The Morgan fingerprint density at radius 1 is 1.44 bits per heavy atom. The maximum atomic E-state index is 5.51. The van der Waals surface area contributed by atoms with E-state index in [0.29, 0.717) is 12.1 Å². The van der Waals surface area contributed by atoms with Crippen LogP contribution in [0.2, 0.25) is 0 Å². The van der Waals surface area contributed by atoms with Gasteiger partial charge in [-0.3, -0.25) is 0 Å². The highest BCUT2D eigenvalue weighted by Gasteiger charge is 2.23. The number of furan rings is 1. The first-order valence-electron chi connectivity index (χ1n) is 6.49. The Morgan fingerprint density at radius 3 is 3.00 bits per heavy atom. The molecule has 0 spiro atoms. The SMILES string of the molecule is CC(C)CC(C)NC1CCCc2occc21. The van der Waals surface area contributed by atoms with Crippen LogP contribution in [0.3, 0.4) is 0 Å². The van der Waals surface area contributed by atoms with Crippen molar-refractivity contribution in [1.82, 2.24) is 5.32 Å². The monoisotopic (exact) mass is 221 g/mol. The van der Waals surface area contributed by atoms with Crippen molar-refractivity contribution in [2.45, 2.75) is 58.5 Å². The lowest BCUT2D eigenvalue weighted by Gasteiger charge is -2.27. The first-order valence-corrected chi connectivity index (χ1v) is 6.49. The standard InChI is InChI=1S/C14H23NO/c1-10(2)9-11(3)15-13-5-4-6-14-12(13)7-8-16-14/h7-8,10-11,13,15H,4-6,9H2,1-3H3. The minimum Gasteiger partial charge on any atom is -0.469 e. The topological polar surface area (TPSA) is 25.2 Å². The van der Waals surface area contributed by atoms with E-state index >= 15 is 0 Å². The maximum Gasteiger partial charge on any atom is 0.108 e. The van der Waals surface area contributed by atoms with Gasteiger partial charge < -0.3 is 9.73 Å². The van der Waals surface area contributed by atoms with Crippen LogP contribution in [0.25, 0.3) is 0 Å². The minimum absolute atomic E-state index is 0.510. The Kier molecular flexibility index (Phi) is 3.70. The summed E-state index contributed by atoms with van der Waals surface area (Å²) in [5.74, 6) is 1.95. The van der Waals surface area contributed by atoms with Gasteiger partial charge in [-0.2, -0.15) is 0 Å². The van der Waals surface area contributed by atoms with Crippen molar-refractivity contribution in [3.05, 3.63) is 23.7 Å². The third kappa shape index (κ3) is 2.67. The molecular formula is C14H23NO. The molecule has 2 nitrogen and oxygen atoms in total. The second kappa shape index (κ2) is 5.05. The molecule has 2 unspecified atom stereocenters. The fourth-order valence-electron chi connectivity index (χ4n) is 2.78. The first-order chi connectivity index (χ1) is 7.66. The molecule has 16 heavy (non-hydrogen) atoms. The molecule has 1 aromatic rings. The van der Waals surface area contributed by atoms with E-state index in [1.165, 1.54) is 30.6 Å². The van der Waals surface area contributed by atoms with E-state index in [2.05, 4.69) is 32.2 Å². The molecule has 0 fully saturated rings. The third-order valence-corrected chi connectivity index (χ3v) is 3.36. The molecule has 2 rings (SSSR count). The summed E-state index contributed by atoms with van der Waals surface area (Å²) in [6, 6.07) is 3.23. The molecule has 0 aliphatic heterocycles. The number of nitrogens with one attached hydrogen (secondary N) is 1. The molecular weight excluding hydrogens is 198 g/mol. The number of rotatable bonds is 4. The van der Waals surface area contributed by atoms with Gasteiger partial charge >= 0.3 is 0 Å². The third-order valence-electron chi connectivity index (χ3n) is 3.36. The summed E-state index contributed by atoms with van der Waals surface area (Å²) in [6.07, 6.45) is 6.67. The van der Waals surface area contributed by atoms with Gasteiger partial charge in [0.15, 0.2) is 0 Å². The fraction of sp³-hybridized carbons (Fsp3) is 0.714. The van der Waals surface area contributed by atoms with Crippen LogP contribution in [0.5, 0.6) is 0 Å². The number of fused-ring (bicyclic) bond motifs is 1. The zero-order valence-corrected chi connectivity index (χ0v) is 10.6. The summed E-state index contributed by atoms with van der Waals surface area (Å²) in [4.78, 5) is 0. The van der Waals surface area contributed by atoms with Crippen LogP contribution in [0.1, 0.15) is 57.4 Å². The average Bonchev–Trinajstić information content (AvgIpc) is 2.65. The van der Waals surface area contributed by atoms with Crippen LogP contribution < -0.4 is 5.32 Å². The van der Waals surface area contributed by atoms with Crippen LogP contribution in [-0.2, 0) is 6.42 Å². The molecule has 2 heteroatoms. The zero-order chi connectivity index (χ0) is 11.5. The molecule has 1 aromatic heterocycles. The summed E-state index contributed by atoms with van der Waals surface area (Å²) in [6.45, 7) is 6.85. The fourth-order valence-corrected chi connectivity index (χ4v) is 2.78. The van der Waals surface area contributed by atoms with Crippen LogP contribution in [0.15, 0.2) is 16.7 Å². The Hall–Kier alpha value is -0.760. The molecule has 1 heterocycles. The lowest BCUT2D eigenvalue weighted by Crippen LogP contribution is -2.33. The van der Waals surface area contributed by atoms with Gasteiger partial charge in [-0.15, -0.1) is 0 Å². The second-order valence-electron chi connectivity index (χ2n) is 5.44. The number of hydrogen-bond acceptors (Lipinski definition) is 2. The first kappa shape index (κ1) is 11.7. The van der Waals surface area contributed by atoms with Gasteiger partial charge in [0.1, 0.15) is 5.76 Å². The number of hydrogen-bond donors (Lipinski definition) is 1. The van der Waals surface area contributed by atoms with Crippen molar-refractivity contribution in [3.8, 4) is 0 Å². The average molecular weight is 221 g/mol. The summed E-state index contributed by atoms with van der Waals surface area (Å²) >= 11 is 0. The van der Waals surface area contributed by atoms with Gasteiger partial charge in [0.05, 0.1) is 6.26 Å². The lowest BCUT2D eigenvalue weighted by molar-refractivity contribution is 0.353. The highest BCUT2D eigenvalue weighted by atomic mass is 16.3. The molecule has 1 N–H and O–H groups in total. The van der Waals surface area contributed by atoms with E-state index in [-0.39, 0.29) is 0 Å². The van der Waals surface area contributed by atoms with Crippen LogP contribution >= 0.6 is 0 Å². The Labute approximate surface area is 98.4 Å². The molecule has 2 atom stereocenters. The van der Waals surface area contributed by atoms with E-state index in [1.54, 1.807) is 0 Å². The molecule has 1 aliphatic carbocycles. The molecule has 1 aliphatic rings. The maximum absolute atomic E-state index is 5.51. The molecule has 0 amide bonds. The normalized spacial score (nSPS) is 22.1. The lowest BCUT2D eigenvalue weighted by atomic mass is 9.92. The van der Waals surface area contributed by atoms with Crippen molar-refractivity contribution >= 4 is 0 Å². The van der Waals surface area contributed by atoms with E-state index in [0.717, 1.165) is 12.3 Å². The van der Waals surface area contributed by atoms with E-state index in [4.69, 9.17) is 4.42 Å². The van der Waals surface area contributed by atoms with Gasteiger partial charge in [0, 0.05) is 24.1 Å². The summed E-state index contributed by atoms with van der Waals surface area (Å²) in [5, 5.41) is 3.73. The van der Waals surface area contributed by atoms with E-state index in [9.17, 15) is 0 Å². The van der Waals surface area contributed by atoms with Crippen LogP contribution in [0, 0.1) is 5.92 Å². The molecule has 0 saturated carbocycles. The van der Waals surface area contributed by atoms with E-state index < -0.39 is 0 Å². The molecule has 0 radical (unpaired) electrons. The van der Waals surface area contributed by atoms with E-state index in [1.807, 2.05) is 6.26 Å². The minimum atomic E-state index is 0.510. The Balaban J connectivity index is 1.97. The van der Waals surface area contributed by atoms with Crippen LogP contribution in [-0.4, -0.2) is 6.04 Å². The predicted octanol–water partition coefficient (Wildman–Crippen LogP) is 3.68. The quantitative estimate of drug-likeness (QED) is 0.839. The van der Waals surface area contributed by atoms with Crippen molar-refractivity contribution in [3.63, 3.8) is 0 Å².